The van der Waals surface area contributed by atoms with E-state index in [4.69, 9.17) is 15.1 Å². The Hall–Kier alpha value is -4.62. The van der Waals surface area contributed by atoms with Crippen LogP contribution in [-0.4, -0.2) is 83.1 Å². The predicted molar refractivity (Wildman–Crippen MR) is 127 cm³/mol. The SMILES string of the molecule is C[C@@H]1[C@H](NC(=O)/C(=N\OCc2nc3cc(O)c(O)cc3nc2C(=O)O)c2csc(N)n2)C(=O)N1S(=O)(=O)O. The number of β-lactam (4-membered cyclic amide) rings is 1. The molecule has 0 unspecified atom stereocenters. The number of nitrogens with two attached hydrogens (primary N) is 1. The van der Waals surface area contributed by atoms with Gasteiger partial charge in [-0.3, -0.25) is 14.1 Å². The fraction of sp³-hybridized carbons (Fsp3) is 0.211. The number of fused-ring (bicyclic) bond motifs is 1. The molecule has 1 aromatic carbocycles. The highest BCUT2D eigenvalue weighted by atomic mass is 32.2. The first-order valence-corrected chi connectivity index (χ1v) is 12.5. The normalized spacial score (nSPS) is 17.8. The van der Waals surface area contributed by atoms with E-state index in [9.17, 15) is 38.1 Å². The van der Waals surface area contributed by atoms with E-state index < -0.39 is 69.7 Å². The largest absolute Gasteiger partial charge is 0.504 e. The van der Waals surface area contributed by atoms with Crippen molar-refractivity contribution >= 4 is 61.3 Å². The number of nitrogen functional groups attached to an aromatic ring is 1. The molecule has 0 radical (unpaired) electrons. The fourth-order valence-electron chi connectivity index (χ4n) is 3.46. The molecule has 2 amide bonds. The molecule has 1 aliphatic heterocycles. The first-order chi connectivity index (χ1) is 17.8. The molecule has 1 aliphatic rings. The van der Waals surface area contributed by atoms with Crippen LogP contribution in [0.4, 0.5) is 5.13 Å². The van der Waals surface area contributed by atoms with Crippen LogP contribution in [0.2, 0.25) is 0 Å². The molecule has 1 fully saturated rings. The zero-order valence-corrected chi connectivity index (χ0v) is 20.6. The Balaban J connectivity index is 1.60. The number of thiazole rings is 1. The number of oxime groups is 1. The molecule has 19 heteroatoms. The van der Waals surface area contributed by atoms with Gasteiger partial charge in [0.15, 0.2) is 34.6 Å². The van der Waals surface area contributed by atoms with Gasteiger partial charge >= 0.3 is 16.3 Å². The molecule has 4 rings (SSSR count). The minimum absolute atomic E-state index is 0.0267. The second-order valence-corrected chi connectivity index (χ2v) is 9.92. The molecule has 38 heavy (non-hydrogen) atoms. The van der Waals surface area contributed by atoms with Crippen molar-refractivity contribution in [2.24, 2.45) is 5.16 Å². The number of carboxylic acid groups (broad SMARTS) is 1. The van der Waals surface area contributed by atoms with E-state index in [-0.39, 0.29) is 31.9 Å². The van der Waals surface area contributed by atoms with Crippen LogP contribution in [0.25, 0.3) is 11.0 Å². The molecule has 0 spiro atoms. The Labute approximate surface area is 216 Å². The van der Waals surface area contributed by atoms with Gasteiger partial charge in [0, 0.05) is 17.5 Å². The van der Waals surface area contributed by atoms with Crippen molar-refractivity contribution in [3.63, 3.8) is 0 Å². The zero-order chi connectivity index (χ0) is 27.9. The number of rotatable bonds is 8. The third kappa shape index (κ3) is 4.96. The molecule has 2 aromatic heterocycles. The first-order valence-electron chi connectivity index (χ1n) is 10.3. The number of aromatic hydroxyl groups is 2. The van der Waals surface area contributed by atoms with Gasteiger partial charge in [-0.2, -0.15) is 8.42 Å². The fourth-order valence-corrected chi connectivity index (χ4v) is 4.89. The number of carbonyl (C=O) groups excluding carboxylic acids is 2. The molecule has 7 N–H and O–H groups in total. The van der Waals surface area contributed by atoms with Crippen LogP contribution in [0.5, 0.6) is 11.5 Å². The lowest BCUT2D eigenvalue weighted by atomic mass is 10.0. The Morgan fingerprint density at radius 3 is 2.37 bits per heavy atom. The van der Waals surface area contributed by atoms with Gasteiger partial charge in [-0.15, -0.1) is 11.3 Å². The number of phenols is 2. The quantitative estimate of drug-likeness (QED) is 0.0641. The van der Waals surface area contributed by atoms with Crippen molar-refractivity contribution in [3.05, 3.63) is 34.6 Å². The molecule has 0 aliphatic carbocycles. The van der Waals surface area contributed by atoms with E-state index in [2.05, 4.69) is 25.4 Å². The number of amides is 2. The molecular weight excluding hydrogens is 550 g/mol. The van der Waals surface area contributed by atoms with Crippen LogP contribution < -0.4 is 11.1 Å². The van der Waals surface area contributed by atoms with Crippen LogP contribution in [0.15, 0.2) is 22.7 Å². The number of hydrogen-bond acceptors (Lipinski definition) is 14. The smallest absolute Gasteiger partial charge is 0.362 e. The molecular formula is C19H17N7O10S2. The lowest BCUT2D eigenvalue weighted by Gasteiger charge is -2.42. The summed E-state index contributed by atoms with van der Waals surface area (Å²) in [5, 5.41) is 36.2. The Morgan fingerprint density at radius 2 is 1.84 bits per heavy atom. The van der Waals surface area contributed by atoms with Crippen LogP contribution in [-0.2, 0) is 31.3 Å². The minimum atomic E-state index is -4.82. The third-order valence-corrected chi connectivity index (χ3v) is 6.93. The molecule has 1 saturated heterocycles. The summed E-state index contributed by atoms with van der Waals surface area (Å²) >= 11 is 0.952. The lowest BCUT2D eigenvalue weighted by Crippen LogP contribution is -2.71. The monoisotopic (exact) mass is 567 g/mol. The minimum Gasteiger partial charge on any atom is -0.504 e. The topological polar surface area (TPSA) is 268 Å². The van der Waals surface area contributed by atoms with E-state index in [1.165, 1.54) is 12.3 Å². The van der Waals surface area contributed by atoms with Crippen LogP contribution in [0, 0.1) is 0 Å². The second kappa shape index (κ2) is 9.68. The molecule has 17 nitrogen and oxygen atoms in total. The molecule has 200 valence electrons. The van der Waals surface area contributed by atoms with Gasteiger partial charge < -0.3 is 31.2 Å². The number of nitrogens with zero attached hydrogens (tertiary/aromatic N) is 5. The Bertz CT molecular complexity index is 1620. The predicted octanol–water partition coefficient (Wildman–Crippen LogP) is -0.783. The summed E-state index contributed by atoms with van der Waals surface area (Å²) in [6, 6.07) is -0.348. The number of aromatic carboxylic acids is 1. The number of nitrogens with one attached hydrogen (secondary N) is 1. The standard InChI is InChI=1S/C19H17N7O10S2/c1-6-13(17(30)26(6)38(33,34)35)24-16(29)14(10-5-37-19(20)23-10)25-36-4-9-15(18(31)32)22-8-3-12(28)11(27)2-7(8)21-9/h2-3,5-6,13,27-28H,4H2,1H3,(H2,20,23)(H,24,29)(H,31,32)(H,33,34,35)/b25-14-/t6-,13+/m1/s1. The van der Waals surface area contributed by atoms with Gasteiger partial charge in [0.2, 0.25) is 0 Å². The Morgan fingerprint density at radius 1 is 1.21 bits per heavy atom. The Kier molecular flexibility index (Phi) is 6.74. The highest BCUT2D eigenvalue weighted by Crippen LogP contribution is 2.29. The number of hydrogen-bond donors (Lipinski definition) is 6. The molecule has 0 bridgehead atoms. The van der Waals surface area contributed by atoms with Crippen molar-refractivity contribution in [1.82, 2.24) is 24.6 Å². The number of carboxylic acids is 1. The van der Waals surface area contributed by atoms with Crippen molar-refractivity contribution in [2.45, 2.75) is 25.6 Å². The average molecular weight is 568 g/mol. The molecule has 3 heterocycles. The molecule has 2 atom stereocenters. The lowest BCUT2D eigenvalue weighted by molar-refractivity contribution is -0.143. The summed E-state index contributed by atoms with van der Waals surface area (Å²) in [6.45, 7) is 0.648. The number of aromatic nitrogens is 3. The van der Waals surface area contributed by atoms with Crippen molar-refractivity contribution in [3.8, 4) is 11.5 Å². The van der Waals surface area contributed by atoms with Gasteiger partial charge in [0.05, 0.1) is 17.1 Å². The number of phenolic OH excluding ortho intramolecular Hbond substituents is 2. The van der Waals surface area contributed by atoms with Crippen molar-refractivity contribution < 1.29 is 47.5 Å². The third-order valence-electron chi connectivity index (χ3n) is 5.24. The number of carbonyl (C=O) groups is 3. The summed E-state index contributed by atoms with van der Waals surface area (Å²) in [4.78, 5) is 53.8. The maximum atomic E-state index is 12.9. The van der Waals surface area contributed by atoms with Gasteiger partial charge in [0.25, 0.3) is 11.8 Å². The van der Waals surface area contributed by atoms with Gasteiger partial charge in [0.1, 0.15) is 17.4 Å². The highest BCUT2D eigenvalue weighted by Gasteiger charge is 2.51. The average Bonchev–Trinajstić information content (AvgIpc) is 3.25. The summed E-state index contributed by atoms with van der Waals surface area (Å²) in [7, 11) is -4.82. The van der Waals surface area contributed by atoms with Crippen molar-refractivity contribution in [1.29, 1.82) is 0 Å². The van der Waals surface area contributed by atoms with Crippen LogP contribution in [0.1, 0.15) is 28.8 Å². The molecule has 0 saturated carbocycles. The number of anilines is 1. The van der Waals surface area contributed by atoms with E-state index in [0.29, 0.717) is 0 Å². The highest BCUT2D eigenvalue weighted by molar-refractivity contribution is 7.84. The maximum absolute atomic E-state index is 12.9. The van der Waals surface area contributed by atoms with Crippen LogP contribution in [0.3, 0.4) is 0 Å². The van der Waals surface area contributed by atoms with E-state index in [0.717, 1.165) is 23.5 Å². The molecule has 3 aromatic rings. The van der Waals surface area contributed by atoms with E-state index in [1.807, 2.05) is 0 Å². The van der Waals surface area contributed by atoms with Crippen molar-refractivity contribution in [2.75, 3.05) is 5.73 Å². The first kappa shape index (κ1) is 26.4. The number of benzene rings is 1. The second-order valence-electron chi connectivity index (χ2n) is 7.74. The summed E-state index contributed by atoms with van der Waals surface area (Å²) in [6.07, 6.45) is 0. The van der Waals surface area contributed by atoms with E-state index in [1.54, 1.807) is 0 Å². The van der Waals surface area contributed by atoms with Gasteiger partial charge in [-0.05, 0) is 6.92 Å². The van der Waals surface area contributed by atoms with Gasteiger partial charge in [-0.1, -0.05) is 5.16 Å². The summed E-state index contributed by atoms with van der Waals surface area (Å²) < 4.78 is 31.9. The van der Waals surface area contributed by atoms with E-state index >= 15 is 0 Å². The van der Waals surface area contributed by atoms with Gasteiger partial charge in [-0.25, -0.2) is 24.1 Å². The summed E-state index contributed by atoms with van der Waals surface area (Å²) in [5.74, 6) is -4.64. The summed E-state index contributed by atoms with van der Waals surface area (Å²) in [5.41, 5.74) is 4.26. The van der Waals surface area contributed by atoms with Crippen LogP contribution >= 0.6 is 11.3 Å². The zero-order valence-electron chi connectivity index (χ0n) is 19.0. The maximum Gasteiger partial charge on any atom is 0.362 e.